The maximum absolute atomic E-state index is 8.69. The van der Waals surface area contributed by atoms with Crippen LogP contribution in [0.3, 0.4) is 0 Å². The van der Waals surface area contributed by atoms with E-state index in [1.807, 2.05) is 0 Å². The molecular formula is C6H14CaO3. The predicted octanol–water partition coefficient (Wildman–Crippen LogP) is -0.616. The van der Waals surface area contributed by atoms with E-state index in [9.17, 15) is 0 Å². The van der Waals surface area contributed by atoms with E-state index in [1.54, 1.807) is 13.8 Å². The van der Waals surface area contributed by atoms with Gasteiger partial charge in [0.15, 0.2) is 0 Å². The third-order valence-corrected chi connectivity index (χ3v) is 0.879. The van der Waals surface area contributed by atoms with E-state index in [1.165, 1.54) is 0 Å². The van der Waals surface area contributed by atoms with Crippen molar-refractivity contribution in [2.75, 3.05) is 13.2 Å². The van der Waals surface area contributed by atoms with Gasteiger partial charge in [0.05, 0.1) is 25.4 Å². The van der Waals surface area contributed by atoms with Crippen molar-refractivity contribution in [1.82, 2.24) is 0 Å². The molecule has 0 amide bonds. The Morgan fingerprint density at radius 2 is 1.90 bits per heavy atom. The molecule has 0 aliphatic rings. The standard InChI is InChI=1S/C6H14O3.Ca/c1-5(8)4-9-6(2)3-7;/h5-8H,3-4H2,1-2H3;. The smallest absolute Gasteiger partial charge is 0.0779 e. The average molecular weight is 174 g/mol. The van der Waals surface area contributed by atoms with Crippen molar-refractivity contribution < 1.29 is 14.9 Å². The number of aliphatic hydroxyl groups excluding tert-OH is 2. The molecule has 0 saturated heterocycles. The molecule has 2 N–H and O–H groups in total. The van der Waals surface area contributed by atoms with Crippen LogP contribution in [0.15, 0.2) is 0 Å². The summed E-state index contributed by atoms with van der Waals surface area (Å²) >= 11 is 0. The summed E-state index contributed by atoms with van der Waals surface area (Å²) in [6, 6.07) is 0. The molecule has 0 fully saturated rings. The summed E-state index contributed by atoms with van der Waals surface area (Å²) in [6.45, 7) is 3.70. The SMILES string of the molecule is CC(O)COC(C)CO.[Ca]. The van der Waals surface area contributed by atoms with Gasteiger partial charge in [-0.25, -0.2) is 0 Å². The van der Waals surface area contributed by atoms with Crippen LogP contribution in [0.5, 0.6) is 0 Å². The molecule has 0 aromatic carbocycles. The van der Waals surface area contributed by atoms with Crippen LogP contribution in [0, 0.1) is 0 Å². The maximum Gasteiger partial charge on any atom is 0.0779 e. The fourth-order valence-electron chi connectivity index (χ4n) is 0.356. The molecule has 0 aromatic heterocycles. The van der Waals surface area contributed by atoms with Crippen LogP contribution in [0.25, 0.3) is 0 Å². The van der Waals surface area contributed by atoms with Gasteiger partial charge in [0.25, 0.3) is 0 Å². The van der Waals surface area contributed by atoms with Crippen LogP contribution in [-0.4, -0.2) is 73.4 Å². The Morgan fingerprint density at radius 3 is 2.20 bits per heavy atom. The molecule has 58 valence electrons. The first-order valence-electron chi connectivity index (χ1n) is 3.07. The zero-order valence-corrected chi connectivity index (χ0v) is 8.79. The van der Waals surface area contributed by atoms with Crippen LogP contribution in [0.4, 0.5) is 0 Å². The van der Waals surface area contributed by atoms with Gasteiger partial charge >= 0.3 is 0 Å². The van der Waals surface area contributed by atoms with Crippen molar-refractivity contribution in [2.45, 2.75) is 26.1 Å². The summed E-state index contributed by atoms with van der Waals surface area (Å²) in [5.41, 5.74) is 0. The Hall–Kier alpha value is 1.14. The number of ether oxygens (including phenoxy) is 1. The van der Waals surface area contributed by atoms with Crippen molar-refractivity contribution in [2.24, 2.45) is 0 Å². The van der Waals surface area contributed by atoms with Crippen LogP contribution in [0.1, 0.15) is 13.8 Å². The molecule has 0 aliphatic carbocycles. The molecule has 0 spiro atoms. The molecular weight excluding hydrogens is 160 g/mol. The van der Waals surface area contributed by atoms with E-state index in [0.717, 1.165) is 0 Å². The van der Waals surface area contributed by atoms with E-state index >= 15 is 0 Å². The summed E-state index contributed by atoms with van der Waals surface area (Å²) in [5, 5.41) is 17.1. The van der Waals surface area contributed by atoms with Gasteiger partial charge in [-0.15, -0.1) is 0 Å². The third-order valence-electron chi connectivity index (χ3n) is 0.879. The molecule has 2 unspecified atom stereocenters. The molecule has 0 saturated carbocycles. The van der Waals surface area contributed by atoms with E-state index in [-0.39, 0.29) is 50.4 Å². The van der Waals surface area contributed by atoms with Crippen LogP contribution >= 0.6 is 0 Å². The van der Waals surface area contributed by atoms with Gasteiger partial charge in [0, 0.05) is 37.7 Å². The van der Waals surface area contributed by atoms with Gasteiger partial charge in [-0.05, 0) is 13.8 Å². The summed E-state index contributed by atoms with van der Waals surface area (Å²) in [6.07, 6.45) is -0.612. The first-order chi connectivity index (χ1) is 4.16. The fraction of sp³-hybridized carbons (Fsp3) is 1.00. The Balaban J connectivity index is 0. The quantitative estimate of drug-likeness (QED) is 0.559. The van der Waals surface area contributed by atoms with Crippen molar-refractivity contribution in [3.63, 3.8) is 0 Å². The summed E-state index contributed by atoms with van der Waals surface area (Å²) in [5.74, 6) is 0. The van der Waals surface area contributed by atoms with Gasteiger partial charge in [0.1, 0.15) is 0 Å². The van der Waals surface area contributed by atoms with E-state index in [0.29, 0.717) is 6.61 Å². The van der Waals surface area contributed by atoms with E-state index in [2.05, 4.69) is 0 Å². The second kappa shape index (κ2) is 8.24. The minimum absolute atomic E-state index is 0. The largest absolute Gasteiger partial charge is 0.394 e. The second-order valence-electron chi connectivity index (χ2n) is 2.18. The molecule has 0 bridgehead atoms. The molecule has 10 heavy (non-hydrogen) atoms. The number of rotatable bonds is 4. The minimum Gasteiger partial charge on any atom is -0.394 e. The Kier molecular flexibility index (Phi) is 11.3. The van der Waals surface area contributed by atoms with Gasteiger partial charge < -0.3 is 14.9 Å². The summed E-state index contributed by atoms with van der Waals surface area (Å²) < 4.78 is 4.95. The molecule has 0 heterocycles. The molecule has 0 aromatic rings. The van der Waals surface area contributed by atoms with Crippen LogP contribution < -0.4 is 0 Å². The summed E-state index contributed by atoms with van der Waals surface area (Å²) in [7, 11) is 0. The predicted molar refractivity (Wildman–Crippen MR) is 39.9 cm³/mol. The molecule has 2 radical (unpaired) electrons. The minimum atomic E-state index is -0.445. The Morgan fingerprint density at radius 1 is 1.40 bits per heavy atom. The second-order valence-corrected chi connectivity index (χ2v) is 2.18. The number of aliphatic hydroxyl groups is 2. The fourth-order valence-corrected chi connectivity index (χ4v) is 0.356. The molecule has 3 nitrogen and oxygen atoms in total. The van der Waals surface area contributed by atoms with E-state index < -0.39 is 6.10 Å². The number of hydrogen-bond donors (Lipinski definition) is 2. The Bertz CT molecular complexity index is 68.0. The van der Waals surface area contributed by atoms with Crippen molar-refractivity contribution in [3.8, 4) is 0 Å². The van der Waals surface area contributed by atoms with Crippen molar-refractivity contribution >= 4 is 37.7 Å². The maximum atomic E-state index is 8.69. The third kappa shape index (κ3) is 9.14. The number of hydrogen-bond acceptors (Lipinski definition) is 3. The zero-order chi connectivity index (χ0) is 7.28. The van der Waals surface area contributed by atoms with Gasteiger partial charge in [0.2, 0.25) is 0 Å². The van der Waals surface area contributed by atoms with E-state index in [4.69, 9.17) is 14.9 Å². The molecule has 0 aliphatic heterocycles. The van der Waals surface area contributed by atoms with Gasteiger partial charge in [-0.3, -0.25) is 0 Å². The molecule has 2 atom stereocenters. The van der Waals surface area contributed by atoms with Crippen LogP contribution in [0.2, 0.25) is 0 Å². The van der Waals surface area contributed by atoms with Crippen molar-refractivity contribution in [1.29, 1.82) is 0 Å². The molecule has 0 rings (SSSR count). The first kappa shape index (κ1) is 13.7. The Labute approximate surface area is 91.4 Å². The molecule has 4 heteroatoms. The first-order valence-corrected chi connectivity index (χ1v) is 3.07. The van der Waals surface area contributed by atoms with Gasteiger partial charge in [-0.1, -0.05) is 0 Å². The summed E-state index contributed by atoms with van der Waals surface area (Å²) in [4.78, 5) is 0. The van der Waals surface area contributed by atoms with Crippen LogP contribution in [-0.2, 0) is 4.74 Å². The topological polar surface area (TPSA) is 49.7 Å². The van der Waals surface area contributed by atoms with Gasteiger partial charge in [-0.2, -0.15) is 0 Å². The average Bonchev–Trinajstić information content (AvgIpc) is 1.83. The normalized spacial score (nSPS) is 15.6. The monoisotopic (exact) mass is 174 g/mol. The zero-order valence-electron chi connectivity index (χ0n) is 6.58. The van der Waals surface area contributed by atoms with Crippen molar-refractivity contribution in [3.05, 3.63) is 0 Å².